The maximum atomic E-state index is 14.0. The standard InChI is InChI=1S/C32H52P.C19H21F/c1-11-24(6)33(10)26(12-2)28-23(5)21-31(9)30(28,8)18-16-27-29(7)17-14-22(4)20-25(29)15-19-32(27,31)13-3;1-13(2)17-7-5-6-16(12-17)11-15(4)18-9-8-14(3)10-19(18)20/h14,17,20,23-24,27-28H,4,11-13,15-16,18-19,21H2,1-3,5-10H3;5-10,12,15H,1,11H2,2-4H3/q+1;. The lowest BCUT2D eigenvalue weighted by Gasteiger charge is -2.69. The highest BCUT2D eigenvalue weighted by molar-refractivity contribution is 7.58. The number of benzene rings is 2. The van der Waals surface area contributed by atoms with E-state index < -0.39 is 0 Å². The van der Waals surface area contributed by atoms with Crippen molar-refractivity contribution in [2.24, 2.45) is 39.4 Å². The van der Waals surface area contributed by atoms with Gasteiger partial charge in [-0.15, -0.1) is 0 Å². The number of halogens is 1. The van der Waals surface area contributed by atoms with E-state index in [0.29, 0.717) is 16.2 Å². The van der Waals surface area contributed by atoms with E-state index >= 15 is 0 Å². The minimum absolute atomic E-state index is 0.0108. The van der Waals surface area contributed by atoms with Gasteiger partial charge in [-0.05, 0) is 140 Å². The molecule has 3 fully saturated rings. The van der Waals surface area contributed by atoms with Gasteiger partial charge in [-0.1, -0.05) is 134 Å². The highest BCUT2D eigenvalue weighted by atomic mass is 31.1. The summed E-state index contributed by atoms with van der Waals surface area (Å²) in [6, 6.07) is 13.8. The normalized spacial score (nSPS) is 33.3. The Morgan fingerprint density at radius 1 is 1.04 bits per heavy atom. The Kier molecular flexibility index (Phi) is 12.5. The van der Waals surface area contributed by atoms with Crippen LogP contribution in [0, 0.1) is 52.2 Å². The zero-order valence-electron chi connectivity index (χ0n) is 35.8. The highest BCUT2D eigenvalue weighted by Crippen LogP contribution is 2.79. The van der Waals surface area contributed by atoms with Gasteiger partial charge in [0.1, 0.15) is 16.8 Å². The van der Waals surface area contributed by atoms with Crippen molar-refractivity contribution in [1.82, 2.24) is 0 Å². The molecule has 53 heavy (non-hydrogen) atoms. The zero-order chi connectivity index (χ0) is 39.1. The summed E-state index contributed by atoms with van der Waals surface area (Å²) in [6.07, 6.45) is 19.0. The van der Waals surface area contributed by atoms with Crippen molar-refractivity contribution in [3.05, 3.63) is 113 Å². The molecule has 0 heterocycles. The van der Waals surface area contributed by atoms with Gasteiger partial charge < -0.3 is 0 Å². The number of rotatable bonds is 9. The molecule has 4 aliphatic rings. The average molecular weight is 736 g/mol. The Morgan fingerprint density at radius 2 is 1.75 bits per heavy atom. The van der Waals surface area contributed by atoms with Crippen LogP contribution in [0.1, 0.15) is 149 Å². The maximum Gasteiger partial charge on any atom is 0.126 e. The quantitative estimate of drug-likeness (QED) is 0.225. The fraction of sp³-hybridized carbons (Fsp3) is 0.588. The summed E-state index contributed by atoms with van der Waals surface area (Å²) in [5, 5.41) is 1.97. The summed E-state index contributed by atoms with van der Waals surface area (Å²) in [6.45, 7) is 37.5. The first-order chi connectivity index (χ1) is 24.9. The number of fused-ring (bicyclic) bond motifs is 5. The van der Waals surface area contributed by atoms with Gasteiger partial charge in [0, 0.05) is 17.8 Å². The van der Waals surface area contributed by atoms with Crippen LogP contribution < -0.4 is 0 Å². The molecule has 0 nitrogen and oxygen atoms in total. The fourth-order valence-electron chi connectivity index (χ4n) is 12.7. The zero-order valence-corrected chi connectivity index (χ0v) is 36.7. The third-order valence-corrected chi connectivity index (χ3v) is 19.1. The van der Waals surface area contributed by atoms with Crippen LogP contribution >= 0.6 is 7.55 Å². The van der Waals surface area contributed by atoms with Gasteiger partial charge in [0.25, 0.3) is 0 Å². The van der Waals surface area contributed by atoms with Crippen molar-refractivity contribution in [2.75, 3.05) is 6.66 Å². The molecule has 0 bridgehead atoms. The van der Waals surface area contributed by atoms with Crippen molar-refractivity contribution in [3.63, 3.8) is 0 Å². The molecule has 6 rings (SSSR count). The smallest absolute Gasteiger partial charge is 0.126 e. The Balaban J connectivity index is 0.000000231. The summed E-state index contributed by atoms with van der Waals surface area (Å²) >= 11 is 0. The Hall–Kier alpha value is -2.50. The van der Waals surface area contributed by atoms with Crippen molar-refractivity contribution in [1.29, 1.82) is 0 Å². The second-order valence-corrected chi connectivity index (χ2v) is 21.4. The van der Waals surface area contributed by atoms with Crippen LogP contribution in [0.2, 0.25) is 0 Å². The summed E-state index contributed by atoms with van der Waals surface area (Å²) in [5.41, 5.74) is 10.5. The molecule has 0 saturated heterocycles. The van der Waals surface area contributed by atoms with E-state index in [-0.39, 0.29) is 24.7 Å². The molecular formula is C51H73FP+. The first-order valence-electron chi connectivity index (χ1n) is 21.1. The molecule has 4 aliphatic carbocycles. The Morgan fingerprint density at radius 3 is 2.38 bits per heavy atom. The van der Waals surface area contributed by atoms with Gasteiger partial charge in [-0.25, -0.2) is 4.39 Å². The molecule has 2 heteroatoms. The molecule has 10 unspecified atom stereocenters. The summed E-state index contributed by atoms with van der Waals surface area (Å²) in [5.74, 6) is 2.46. The third kappa shape index (κ3) is 7.21. The SMILES string of the molecule is C=C(C)c1cccc(CC(C)c2ccc(C)cc2F)c1.C=C1C=CC2(C)C(=C1)CCC1(CC)C2CCC2(C)C(/C(CC)=[P+](\C)C(C)CC)C(C)CC21C. The summed E-state index contributed by atoms with van der Waals surface area (Å²) in [4.78, 5) is 0. The van der Waals surface area contributed by atoms with Gasteiger partial charge in [0.05, 0.1) is 14.2 Å². The van der Waals surface area contributed by atoms with Crippen LogP contribution in [0.5, 0.6) is 0 Å². The van der Waals surface area contributed by atoms with E-state index in [1.165, 1.54) is 62.5 Å². The largest absolute Gasteiger partial charge is 0.207 e. The average Bonchev–Trinajstić information content (AvgIpc) is 3.33. The van der Waals surface area contributed by atoms with Gasteiger partial charge in [-0.3, -0.25) is 0 Å². The van der Waals surface area contributed by atoms with Gasteiger partial charge in [0.15, 0.2) is 0 Å². The van der Waals surface area contributed by atoms with Crippen molar-refractivity contribution < 1.29 is 4.39 Å². The van der Waals surface area contributed by atoms with E-state index in [2.05, 4.69) is 119 Å². The van der Waals surface area contributed by atoms with E-state index in [1.807, 2.05) is 37.3 Å². The van der Waals surface area contributed by atoms with Gasteiger partial charge in [-0.2, -0.15) is 0 Å². The Bertz CT molecular complexity index is 1790. The number of hydrogen-bond donors (Lipinski definition) is 0. The molecule has 0 N–H and O–H groups in total. The third-order valence-electron chi connectivity index (χ3n) is 15.9. The monoisotopic (exact) mass is 736 g/mol. The lowest BCUT2D eigenvalue weighted by molar-refractivity contribution is -0.172. The molecule has 3 saturated carbocycles. The van der Waals surface area contributed by atoms with Crippen LogP contribution in [0.25, 0.3) is 5.57 Å². The highest BCUT2D eigenvalue weighted by Gasteiger charge is 2.72. The van der Waals surface area contributed by atoms with Crippen LogP contribution in [0.15, 0.2) is 85.0 Å². The molecule has 2 aromatic rings. The molecule has 0 amide bonds. The lowest BCUT2D eigenvalue weighted by atomic mass is 9.35. The van der Waals surface area contributed by atoms with E-state index in [1.54, 1.807) is 11.6 Å². The predicted octanol–water partition coefficient (Wildman–Crippen LogP) is 15.3. The summed E-state index contributed by atoms with van der Waals surface area (Å²) < 4.78 is 14.0. The molecule has 0 aromatic heterocycles. The van der Waals surface area contributed by atoms with Crippen LogP contribution in [-0.2, 0) is 6.42 Å². The van der Waals surface area contributed by atoms with Crippen LogP contribution in [0.4, 0.5) is 4.39 Å². The van der Waals surface area contributed by atoms with Crippen molar-refractivity contribution in [2.45, 2.75) is 146 Å². The summed E-state index contributed by atoms with van der Waals surface area (Å²) in [7, 11) is -0.0108. The van der Waals surface area contributed by atoms with Crippen molar-refractivity contribution in [3.8, 4) is 0 Å². The van der Waals surface area contributed by atoms with E-state index in [0.717, 1.165) is 52.1 Å². The number of allylic oxidation sites excluding steroid dienone is 6. The molecular weight excluding hydrogens is 663 g/mol. The van der Waals surface area contributed by atoms with Crippen LogP contribution in [-0.4, -0.2) is 17.6 Å². The van der Waals surface area contributed by atoms with Crippen LogP contribution in [0.3, 0.4) is 0 Å². The molecule has 288 valence electrons. The van der Waals surface area contributed by atoms with E-state index in [9.17, 15) is 4.39 Å². The maximum absolute atomic E-state index is 14.0. The second-order valence-electron chi connectivity index (χ2n) is 18.7. The fourth-order valence-corrected chi connectivity index (χ4v) is 15.3. The Labute approximate surface area is 326 Å². The lowest BCUT2D eigenvalue weighted by Crippen LogP contribution is -2.62. The van der Waals surface area contributed by atoms with Gasteiger partial charge >= 0.3 is 0 Å². The molecule has 0 radical (unpaired) electrons. The minimum atomic E-state index is -0.103. The molecule has 0 aliphatic heterocycles. The topological polar surface area (TPSA) is 0 Å². The minimum Gasteiger partial charge on any atom is -0.207 e. The second kappa shape index (κ2) is 15.9. The van der Waals surface area contributed by atoms with E-state index in [4.69, 9.17) is 0 Å². The first kappa shape index (κ1) is 41.7. The molecule has 2 aromatic carbocycles. The molecule has 0 spiro atoms. The van der Waals surface area contributed by atoms with Crippen molar-refractivity contribution >= 4 is 18.4 Å². The number of hydrogen-bond acceptors (Lipinski definition) is 0. The molecule has 10 atom stereocenters. The first-order valence-corrected chi connectivity index (χ1v) is 23.0. The predicted molar refractivity (Wildman–Crippen MR) is 235 cm³/mol. The van der Waals surface area contributed by atoms with Gasteiger partial charge in [0.2, 0.25) is 0 Å². The number of aryl methyl sites for hydroxylation is 1.